The van der Waals surface area contributed by atoms with E-state index in [1.165, 1.54) is 6.26 Å². The van der Waals surface area contributed by atoms with Crippen LogP contribution >= 0.6 is 11.8 Å². The number of alkyl halides is 6. The van der Waals surface area contributed by atoms with Crippen LogP contribution in [0.3, 0.4) is 0 Å². The topological polar surface area (TPSA) is 12.5 Å². The highest BCUT2D eigenvalue weighted by Crippen LogP contribution is 2.33. The van der Waals surface area contributed by atoms with E-state index >= 15 is 0 Å². The molecule has 0 unspecified atom stereocenters. The quantitative estimate of drug-likeness (QED) is 0.319. The molecule has 0 spiro atoms. The van der Waals surface area contributed by atoms with Crippen molar-refractivity contribution in [2.45, 2.75) is 12.6 Å². The standard InChI is InChI=1S/C4H5F6NOS/c1-13-2-12-11(3(5,6)7)4(8,9)10/h2H2,1H3. The molecule has 0 bridgehead atoms. The first-order valence-electron chi connectivity index (χ1n) is 2.75. The summed E-state index contributed by atoms with van der Waals surface area (Å²) in [4.78, 5) is 3.47. The third kappa shape index (κ3) is 4.58. The first-order valence-corrected chi connectivity index (χ1v) is 4.14. The molecule has 0 saturated heterocycles. The number of halogens is 6. The zero-order chi connectivity index (χ0) is 10.7. The van der Waals surface area contributed by atoms with E-state index in [-0.39, 0.29) is 0 Å². The Morgan fingerprint density at radius 1 is 1.08 bits per heavy atom. The van der Waals surface area contributed by atoms with Gasteiger partial charge in [0.2, 0.25) is 0 Å². The summed E-state index contributed by atoms with van der Waals surface area (Å²) in [7, 11) is 0. The normalized spacial score (nSPS) is 13.8. The fourth-order valence-corrected chi connectivity index (χ4v) is 0.606. The lowest BCUT2D eigenvalue weighted by Gasteiger charge is -2.24. The van der Waals surface area contributed by atoms with Gasteiger partial charge < -0.3 is 0 Å². The predicted octanol–water partition coefficient (Wildman–Crippen LogP) is 2.58. The Balaban J connectivity index is 4.39. The summed E-state index contributed by atoms with van der Waals surface area (Å²) in [6, 6.07) is 0. The van der Waals surface area contributed by atoms with Gasteiger partial charge in [0.25, 0.3) is 0 Å². The van der Waals surface area contributed by atoms with Crippen LogP contribution in [0, 0.1) is 0 Å². The van der Waals surface area contributed by atoms with E-state index in [1.54, 1.807) is 0 Å². The van der Waals surface area contributed by atoms with Crippen LogP contribution in [0.5, 0.6) is 0 Å². The van der Waals surface area contributed by atoms with Crippen molar-refractivity contribution in [2.24, 2.45) is 0 Å². The fourth-order valence-electron chi connectivity index (χ4n) is 0.396. The van der Waals surface area contributed by atoms with Crippen molar-refractivity contribution in [3.05, 3.63) is 0 Å². The first-order chi connectivity index (χ1) is 5.69. The predicted molar refractivity (Wildman–Crippen MR) is 33.4 cm³/mol. The average molecular weight is 229 g/mol. The maximum absolute atomic E-state index is 11.6. The third-order valence-electron chi connectivity index (χ3n) is 0.760. The number of rotatable bonds is 3. The van der Waals surface area contributed by atoms with E-state index in [2.05, 4.69) is 4.84 Å². The van der Waals surface area contributed by atoms with Crippen LogP contribution in [0.2, 0.25) is 0 Å². The molecular weight excluding hydrogens is 224 g/mol. The highest BCUT2D eigenvalue weighted by atomic mass is 32.2. The molecule has 9 heteroatoms. The monoisotopic (exact) mass is 229 g/mol. The van der Waals surface area contributed by atoms with Gasteiger partial charge >= 0.3 is 12.6 Å². The molecule has 13 heavy (non-hydrogen) atoms. The van der Waals surface area contributed by atoms with Crippen molar-refractivity contribution in [2.75, 3.05) is 12.2 Å². The minimum absolute atomic E-state index is 0.698. The Labute approximate surface area is 73.8 Å². The van der Waals surface area contributed by atoms with E-state index in [1.807, 2.05) is 0 Å². The van der Waals surface area contributed by atoms with Gasteiger partial charge in [0.1, 0.15) is 5.94 Å². The van der Waals surface area contributed by atoms with Crippen molar-refractivity contribution in [1.29, 1.82) is 0 Å². The van der Waals surface area contributed by atoms with E-state index in [9.17, 15) is 26.3 Å². The van der Waals surface area contributed by atoms with E-state index in [0.29, 0.717) is 11.8 Å². The van der Waals surface area contributed by atoms with Crippen molar-refractivity contribution >= 4 is 11.8 Å². The number of hydroxylamine groups is 2. The van der Waals surface area contributed by atoms with Gasteiger partial charge in [-0.25, -0.2) is 0 Å². The zero-order valence-electron chi connectivity index (χ0n) is 6.24. The molecular formula is C4H5F6NOS. The van der Waals surface area contributed by atoms with Crippen LogP contribution in [0.4, 0.5) is 26.3 Å². The molecule has 0 amide bonds. The minimum Gasteiger partial charge on any atom is -0.273 e. The molecule has 0 heterocycles. The molecule has 0 aliphatic heterocycles. The van der Waals surface area contributed by atoms with Gasteiger partial charge in [-0.3, -0.25) is 4.84 Å². The van der Waals surface area contributed by atoms with Crippen molar-refractivity contribution < 1.29 is 31.2 Å². The van der Waals surface area contributed by atoms with Crippen molar-refractivity contribution in [3.8, 4) is 0 Å². The van der Waals surface area contributed by atoms with Crippen molar-refractivity contribution in [3.63, 3.8) is 0 Å². The second kappa shape index (κ2) is 4.38. The molecule has 80 valence electrons. The minimum atomic E-state index is -5.58. The van der Waals surface area contributed by atoms with E-state index < -0.39 is 23.6 Å². The van der Waals surface area contributed by atoms with Gasteiger partial charge in [0, 0.05) is 5.06 Å². The Hall–Kier alpha value is -0.150. The summed E-state index contributed by atoms with van der Waals surface area (Å²) < 4.78 is 69.7. The molecule has 0 aliphatic rings. The SMILES string of the molecule is CSCON(C(F)(F)F)C(F)(F)F. The molecule has 0 N–H and O–H groups in total. The van der Waals surface area contributed by atoms with Gasteiger partial charge in [-0.2, -0.15) is 26.3 Å². The molecule has 0 aromatic rings. The summed E-state index contributed by atoms with van der Waals surface area (Å²) in [5.74, 6) is -0.723. The van der Waals surface area contributed by atoms with Crippen LogP contribution in [-0.4, -0.2) is 29.9 Å². The zero-order valence-corrected chi connectivity index (χ0v) is 7.06. The Morgan fingerprint density at radius 2 is 1.46 bits per heavy atom. The highest BCUT2D eigenvalue weighted by Gasteiger charge is 2.55. The molecule has 0 fully saturated rings. The lowest BCUT2D eigenvalue weighted by molar-refractivity contribution is -0.478. The lowest BCUT2D eigenvalue weighted by atomic mass is 10.9. The number of nitrogens with zero attached hydrogens (tertiary/aromatic N) is 1. The van der Waals surface area contributed by atoms with Crippen molar-refractivity contribution in [1.82, 2.24) is 5.06 Å². The Kier molecular flexibility index (Phi) is 4.33. The lowest BCUT2D eigenvalue weighted by Crippen LogP contribution is -2.47. The maximum Gasteiger partial charge on any atom is 0.490 e. The molecule has 0 saturated carbocycles. The first kappa shape index (κ1) is 12.8. The van der Waals surface area contributed by atoms with E-state index in [4.69, 9.17) is 0 Å². The molecule has 0 rings (SSSR count). The highest BCUT2D eigenvalue weighted by molar-refractivity contribution is 7.98. The van der Waals surface area contributed by atoms with Crippen LogP contribution in [0.1, 0.15) is 0 Å². The van der Waals surface area contributed by atoms with E-state index in [0.717, 1.165) is 0 Å². The summed E-state index contributed by atoms with van der Waals surface area (Å²) >= 11 is 0.698. The number of thioether (sulfide) groups is 1. The molecule has 0 aliphatic carbocycles. The van der Waals surface area contributed by atoms with Gasteiger partial charge in [-0.15, -0.1) is 11.8 Å². The third-order valence-corrected chi connectivity index (χ3v) is 1.10. The summed E-state index contributed by atoms with van der Waals surface area (Å²) in [6.45, 7) is 0. The van der Waals surface area contributed by atoms with Crippen LogP contribution < -0.4 is 0 Å². The largest absolute Gasteiger partial charge is 0.490 e. The Bertz CT molecular complexity index is 142. The summed E-state index contributed by atoms with van der Waals surface area (Å²) in [6.07, 6.45) is -9.84. The van der Waals surface area contributed by atoms with Gasteiger partial charge in [0.15, 0.2) is 0 Å². The van der Waals surface area contributed by atoms with Crippen LogP contribution in [-0.2, 0) is 4.84 Å². The van der Waals surface area contributed by atoms with Crippen LogP contribution in [0.25, 0.3) is 0 Å². The smallest absolute Gasteiger partial charge is 0.273 e. The van der Waals surface area contributed by atoms with Gasteiger partial charge in [-0.1, -0.05) is 0 Å². The molecule has 0 atom stereocenters. The summed E-state index contributed by atoms with van der Waals surface area (Å²) in [5.41, 5.74) is 0. The molecule has 2 nitrogen and oxygen atoms in total. The second-order valence-corrected chi connectivity index (χ2v) is 2.58. The van der Waals surface area contributed by atoms with Gasteiger partial charge in [-0.05, 0) is 6.26 Å². The van der Waals surface area contributed by atoms with Crippen LogP contribution in [0.15, 0.2) is 0 Å². The number of hydrogen-bond acceptors (Lipinski definition) is 3. The molecule has 0 radical (unpaired) electrons. The maximum atomic E-state index is 11.6. The average Bonchev–Trinajstić information content (AvgIpc) is 1.81. The molecule has 0 aromatic heterocycles. The fraction of sp³-hybridized carbons (Fsp3) is 1.00. The molecule has 0 aromatic carbocycles. The Morgan fingerprint density at radius 3 is 1.69 bits per heavy atom. The number of hydrogen-bond donors (Lipinski definition) is 0. The van der Waals surface area contributed by atoms with Gasteiger partial charge in [0.05, 0.1) is 0 Å². The second-order valence-electron chi connectivity index (χ2n) is 1.77. The summed E-state index contributed by atoms with van der Waals surface area (Å²) in [5, 5.41) is -1.93.